The maximum Gasteiger partial charge on any atom is 0.410 e. The third kappa shape index (κ3) is 5.99. The van der Waals surface area contributed by atoms with E-state index in [0.29, 0.717) is 37.0 Å². The minimum atomic E-state index is -0.434. The highest BCUT2D eigenvalue weighted by Gasteiger charge is 2.56. The van der Waals surface area contributed by atoms with Crippen molar-refractivity contribution in [1.82, 2.24) is 4.90 Å². The molecule has 0 N–H and O–H groups in total. The number of carbonyl (C=O) groups is 2. The molecule has 0 radical (unpaired) electrons. The van der Waals surface area contributed by atoms with Gasteiger partial charge in [0.1, 0.15) is 13.2 Å². The Kier molecular flexibility index (Phi) is 8.93. The van der Waals surface area contributed by atoms with Crippen LogP contribution in [-0.2, 0) is 39.3 Å². The molecule has 43 heavy (non-hydrogen) atoms. The number of nitrogens with zero attached hydrogens (tertiary/aromatic N) is 1. The molecular formula is C35H38BrNO6. The van der Waals surface area contributed by atoms with Crippen LogP contribution in [0, 0.1) is 5.92 Å². The van der Waals surface area contributed by atoms with Crippen LogP contribution < -0.4 is 9.47 Å². The summed E-state index contributed by atoms with van der Waals surface area (Å²) in [5.74, 6) is 1.01. The molecule has 1 heterocycles. The van der Waals surface area contributed by atoms with Gasteiger partial charge in [-0.3, -0.25) is 0 Å². The van der Waals surface area contributed by atoms with Crippen LogP contribution in [0.2, 0.25) is 0 Å². The zero-order valence-corrected chi connectivity index (χ0v) is 26.1. The summed E-state index contributed by atoms with van der Waals surface area (Å²) in [5, 5.41) is 0. The number of esters is 1. The second kappa shape index (κ2) is 13.0. The fraction of sp³-hybridized carbons (Fsp3) is 0.429. The molecule has 2 aliphatic carbocycles. The third-order valence-corrected chi connectivity index (χ3v) is 10.2. The van der Waals surface area contributed by atoms with Crippen LogP contribution in [0.1, 0.15) is 61.3 Å². The Bertz CT molecular complexity index is 1450. The Labute approximate surface area is 261 Å². The molecule has 0 aromatic heterocycles. The first-order valence-corrected chi connectivity index (χ1v) is 16.1. The Balaban J connectivity index is 1.34. The van der Waals surface area contributed by atoms with E-state index in [-0.39, 0.29) is 37.4 Å². The van der Waals surface area contributed by atoms with Crippen molar-refractivity contribution in [2.75, 3.05) is 19.8 Å². The molecule has 3 atom stereocenters. The summed E-state index contributed by atoms with van der Waals surface area (Å²) in [6.07, 6.45) is 5.75. The Morgan fingerprint density at radius 3 is 2.37 bits per heavy atom. The first-order chi connectivity index (χ1) is 21.0. The molecule has 3 aliphatic rings. The number of piperidine rings is 1. The average molecular weight is 649 g/mol. The van der Waals surface area contributed by atoms with Gasteiger partial charge < -0.3 is 23.8 Å². The van der Waals surface area contributed by atoms with E-state index < -0.39 is 5.97 Å². The van der Waals surface area contributed by atoms with Gasteiger partial charge in [0.05, 0.1) is 11.1 Å². The first kappa shape index (κ1) is 29.5. The van der Waals surface area contributed by atoms with Gasteiger partial charge in [-0.05, 0) is 82.8 Å². The second-order valence-electron chi connectivity index (χ2n) is 11.7. The van der Waals surface area contributed by atoms with Crippen LogP contribution in [-0.4, -0.2) is 42.8 Å². The largest absolute Gasteiger partial charge is 0.485 e. The molecule has 8 heteroatoms. The number of amides is 1. The number of fused-ring (bicyclic) bond motifs is 1. The van der Waals surface area contributed by atoms with Crippen molar-refractivity contribution >= 4 is 28.0 Å². The van der Waals surface area contributed by atoms with Crippen LogP contribution in [0.3, 0.4) is 0 Å². The summed E-state index contributed by atoms with van der Waals surface area (Å²) in [6.45, 7) is 3.13. The number of likely N-dealkylation sites (tertiary alicyclic amines) is 1. The van der Waals surface area contributed by atoms with Crippen LogP contribution >= 0.6 is 15.9 Å². The molecule has 7 nitrogen and oxygen atoms in total. The molecule has 6 rings (SSSR count). The van der Waals surface area contributed by atoms with E-state index in [4.69, 9.17) is 18.9 Å². The van der Waals surface area contributed by atoms with Gasteiger partial charge in [0, 0.05) is 18.0 Å². The van der Waals surface area contributed by atoms with Gasteiger partial charge in [0.25, 0.3) is 0 Å². The minimum absolute atomic E-state index is 0.0233. The maximum atomic E-state index is 13.5. The van der Waals surface area contributed by atoms with Gasteiger partial charge in [-0.2, -0.15) is 0 Å². The van der Waals surface area contributed by atoms with E-state index in [9.17, 15) is 9.59 Å². The van der Waals surface area contributed by atoms with Gasteiger partial charge in [0.2, 0.25) is 0 Å². The quantitative estimate of drug-likeness (QED) is 0.226. The number of rotatable bonds is 9. The zero-order chi connectivity index (χ0) is 29.8. The fourth-order valence-corrected chi connectivity index (χ4v) is 8.09. The highest BCUT2D eigenvalue weighted by molar-refractivity contribution is 9.10. The lowest BCUT2D eigenvalue weighted by atomic mass is 9.52. The number of ether oxygens (including phenoxy) is 4. The van der Waals surface area contributed by atoms with Crippen LogP contribution in [0.5, 0.6) is 11.5 Å². The molecular weight excluding hydrogens is 610 g/mol. The Hall–Kier alpha value is -3.52. The lowest BCUT2D eigenvalue weighted by molar-refractivity contribution is -0.145. The molecule has 1 aliphatic heterocycles. The molecule has 226 valence electrons. The zero-order valence-electron chi connectivity index (χ0n) is 24.6. The summed E-state index contributed by atoms with van der Waals surface area (Å²) in [4.78, 5) is 27.8. The summed E-state index contributed by atoms with van der Waals surface area (Å²) in [6, 6.07) is 22.0. The molecule has 0 unspecified atom stereocenters. The number of hydrogen-bond donors (Lipinski definition) is 0. The van der Waals surface area contributed by atoms with E-state index >= 15 is 0 Å². The maximum absolute atomic E-state index is 13.5. The van der Waals surface area contributed by atoms with Crippen molar-refractivity contribution in [2.45, 2.75) is 70.1 Å². The molecule has 0 spiro atoms. The molecule has 2 fully saturated rings. The summed E-state index contributed by atoms with van der Waals surface area (Å²) in [7, 11) is 0. The SMILES string of the molecule is CCOC(=O)COc1c(OCc2ccccc2)cc2c(c1Br)C[C@H]1[C@H]3CCCC[C@@]23CCN1C(=O)OCc1ccccc1. The highest BCUT2D eigenvalue weighted by atomic mass is 79.9. The Morgan fingerprint density at radius 1 is 0.930 bits per heavy atom. The van der Waals surface area contributed by atoms with E-state index in [1.54, 1.807) is 6.92 Å². The normalized spacial score (nSPS) is 22.1. The second-order valence-corrected chi connectivity index (χ2v) is 12.5. The average Bonchev–Trinajstić information content (AvgIpc) is 3.04. The van der Waals surface area contributed by atoms with Gasteiger partial charge in [-0.25, -0.2) is 9.59 Å². The van der Waals surface area contributed by atoms with E-state index in [2.05, 4.69) is 22.0 Å². The standard InChI is InChI=1S/C35H38BrNO6/c1-2-40-31(38)23-42-33-30(41-21-24-11-5-3-6-12-24)20-28-26(32(33)36)19-29-27-15-9-10-16-35(27,28)17-18-37(29)34(39)43-22-25-13-7-4-8-14-25/h3-8,11-14,20,27,29H,2,9-10,15-19,21-23H2,1H3/t27-,29+,35+/m1/s1. The Morgan fingerprint density at radius 2 is 1.65 bits per heavy atom. The van der Waals surface area contributed by atoms with Crippen molar-refractivity contribution < 1.29 is 28.5 Å². The number of benzene rings is 3. The van der Waals surface area contributed by atoms with Crippen molar-refractivity contribution in [3.63, 3.8) is 0 Å². The van der Waals surface area contributed by atoms with E-state index in [1.807, 2.05) is 65.6 Å². The smallest absolute Gasteiger partial charge is 0.410 e. The number of carbonyl (C=O) groups excluding carboxylic acids is 2. The van der Waals surface area contributed by atoms with Gasteiger partial charge in [-0.15, -0.1) is 0 Å². The van der Waals surface area contributed by atoms with Gasteiger partial charge >= 0.3 is 12.1 Å². The molecule has 1 amide bonds. The minimum Gasteiger partial charge on any atom is -0.485 e. The van der Waals surface area contributed by atoms with E-state index in [0.717, 1.165) is 53.3 Å². The molecule has 2 bridgehead atoms. The molecule has 3 aromatic rings. The first-order valence-electron chi connectivity index (χ1n) is 15.3. The molecule has 3 aromatic carbocycles. The highest BCUT2D eigenvalue weighted by Crippen LogP contribution is 2.59. The van der Waals surface area contributed by atoms with Crippen molar-refractivity contribution in [1.29, 1.82) is 0 Å². The van der Waals surface area contributed by atoms with Crippen molar-refractivity contribution in [3.05, 3.63) is 93.5 Å². The topological polar surface area (TPSA) is 74.3 Å². The van der Waals surface area contributed by atoms with Crippen LogP contribution in [0.4, 0.5) is 4.79 Å². The lowest BCUT2D eigenvalue weighted by Crippen LogP contribution is -2.62. The molecule has 1 saturated heterocycles. The predicted octanol–water partition coefficient (Wildman–Crippen LogP) is 7.37. The fourth-order valence-electron chi connectivity index (χ4n) is 7.40. The summed E-state index contributed by atoms with van der Waals surface area (Å²) < 4.78 is 24.3. The van der Waals surface area contributed by atoms with Gasteiger partial charge in [0.15, 0.2) is 18.1 Å². The summed E-state index contributed by atoms with van der Waals surface area (Å²) >= 11 is 3.88. The predicted molar refractivity (Wildman–Crippen MR) is 166 cm³/mol. The lowest BCUT2D eigenvalue weighted by Gasteiger charge is -2.58. The molecule has 1 saturated carbocycles. The third-order valence-electron chi connectivity index (χ3n) is 9.32. The van der Waals surface area contributed by atoms with Crippen LogP contribution in [0.25, 0.3) is 0 Å². The van der Waals surface area contributed by atoms with E-state index in [1.165, 1.54) is 5.56 Å². The number of halogens is 1. The number of hydrogen-bond acceptors (Lipinski definition) is 6. The van der Waals surface area contributed by atoms with Crippen molar-refractivity contribution in [3.8, 4) is 11.5 Å². The monoisotopic (exact) mass is 647 g/mol. The van der Waals surface area contributed by atoms with Crippen molar-refractivity contribution in [2.24, 2.45) is 5.92 Å². The summed E-state index contributed by atoms with van der Waals surface area (Å²) in [5.41, 5.74) is 4.37. The van der Waals surface area contributed by atoms with Gasteiger partial charge in [-0.1, -0.05) is 73.5 Å². The van der Waals surface area contributed by atoms with Crippen LogP contribution in [0.15, 0.2) is 71.2 Å².